The molecule has 0 aromatic carbocycles. The lowest BCUT2D eigenvalue weighted by Gasteiger charge is -2.37. The number of hydrogen-bond acceptors (Lipinski definition) is 4. The van der Waals surface area contributed by atoms with E-state index < -0.39 is 0 Å². The lowest BCUT2D eigenvalue weighted by molar-refractivity contribution is 0.0884. The Morgan fingerprint density at radius 2 is 2.35 bits per heavy atom. The van der Waals surface area contributed by atoms with Crippen molar-refractivity contribution in [2.24, 2.45) is 0 Å². The minimum Gasteiger partial charge on any atom is -0.350 e. The van der Waals surface area contributed by atoms with Gasteiger partial charge in [0, 0.05) is 32.2 Å². The SMILES string of the molecule is CN1CCN(C)C(CNC(=O)c2cccs2)C1. The first kappa shape index (κ1) is 12.5. The molecule has 4 nitrogen and oxygen atoms in total. The van der Waals surface area contributed by atoms with Crippen molar-refractivity contribution in [3.63, 3.8) is 0 Å². The predicted octanol–water partition coefficient (Wildman–Crippen LogP) is 0.724. The number of amides is 1. The normalized spacial score (nSPS) is 22.6. The summed E-state index contributed by atoms with van der Waals surface area (Å²) in [4.78, 5) is 17.2. The van der Waals surface area contributed by atoms with E-state index in [-0.39, 0.29) is 5.91 Å². The Kier molecular flexibility index (Phi) is 4.15. The Morgan fingerprint density at radius 1 is 1.53 bits per heavy atom. The molecule has 1 aliphatic rings. The average molecular weight is 253 g/mol. The second-order valence-electron chi connectivity index (χ2n) is 4.58. The van der Waals surface area contributed by atoms with Crippen LogP contribution in [0.3, 0.4) is 0 Å². The van der Waals surface area contributed by atoms with Crippen LogP contribution in [0.2, 0.25) is 0 Å². The number of carbonyl (C=O) groups is 1. The predicted molar refractivity (Wildman–Crippen MR) is 70.6 cm³/mol. The van der Waals surface area contributed by atoms with E-state index in [0.717, 1.165) is 31.1 Å². The molecule has 1 saturated heterocycles. The maximum Gasteiger partial charge on any atom is 0.261 e. The smallest absolute Gasteiger partial charge is 0.261 e. The van der Waals surface area contributed by atoms with Gasteiger partial charge in [-0.3, -0.25) is 9.69 Å². The molecular weight excluding hydrogens is 234 g/mol. The topological polar surface area (TPSA) is 35.6 Å². The summed E-state index contributed by atoms with van der Waals surface area (Å²) in [5.41, 5.74) is 0. The number of thiophene rings is 1. The van der Waals surface area contributed by atoms with Crippen LogP contribution in [0.1, 0.15) is 9.67 Å². The van der Waals surface area contributed by atoms with E-state index in [1.807, 2.05) is 17.5 Å². The van der Waals surface area contributed by atoms with Crippen LogP contribution in [-0.2, 0) is 0 Å². The van der Waals surface area contributed by atoms with E-state index in [1.165, 1.54) is 11.3 Å². The molecule has 0 aliphatic carbocycles. The van der Waals surface area contributed by atoms with Gasteiger partial charge in [0.15, 0.2) is 0 Å². The van der Waals surface area contributed by atoms with E-state index in [4.69, 9.17) is 0 Å². The van der Waals surface area contributed by atoms with Gasteiger partial charge in [-0.2, -0.15) is 0 Å². The van der Waals surface area contributed by atoms with Gasteiger partial charge in [0.1, 0.15) is 0 Å². The Bertz CT molecular complexity index is 366. The summed E-state index contributed by atoms with van der Waals surface area (Å²) < 4.78 is 0. The lowest BCUT2D eigenvalue weighted by atomic mass is 10.2. The largest absolute Gasteiger partial charge is 0.350 e. The van der Waals surface area contributed by atoms with Crippen molar-refractivity contribution in [2.45, 2.75) is 6.04 Å². The van der Waals surface area contributed by atoms with E-state index in [2.05, 4.69) is 29.2 Å². The summed E-state index contributed by atoms with van der Waals surface area (Å²) in [5.74, 6) is 0.0432. The molecule has 1 aromatic rings. The molecule has 2 rings (SSSR count). The fourth-order valence-corrected chi connectivity index (χ4v) is 2.67. The zero-order chi connectivity index (χ0) is 12.3. The number of likely N-dealkylation sites (N-methyl/N-ethyl adjacent to an activating group) is 2. The van der Waals surface area contributed by atoms with Gasteiger partial charge in [0.2, 0.25) is 0 Å². The molecule has 0 spiro atoms. The van der Waals surface area contributed by atoms with E-state index in [0.29, 0.717) is 6.04 Å². The molecule has 1 amide bonds. The quantitative estimate of drug-likeness (QED) is 0.862. The van der Waals surface area contributed by atoms with E-state index >= 15 is 0 Å². The van der Waals surface area contributed by atoms with Crippen molar-refractivity contribution in [1.29, 1.82) is 0 Å². The molecule has 1 atom stereocenters. The Hall–Kier alpha value is -0.910. The summed E-state index contributed by atoms with van der Waals surface area (Å²) in [7, 11) is 4.25. The summed E-state index contributed by atoms with van der Waals surface area (Å²) >= 11 is 1.48. The zero-order valence-electron chi connectivity index (χ0n) is 10.3. The summed E-state index contributed by atoms with van der Waals surface area (Å²) in [6.07, 6.45) is 0. The van der Waals surface area contributed by atoms with Crippen LogP contribution in [0.25, 0.3) is 0 Å². The van der Waals surface area contributed by atoms with E-state index in [1.54, 1.807) is 0 Å². The number of carbonyl (C=O) groups excluding carboxylic acids is 1. The zero-order valence-corrected chi connectivity index (χ0v) is 11.2. The highest BCUT2D eigenvalue weighted by Gasteiger charge is 2.22. The van der Waals surface area contributed by atoms with Gasteiger partial charge >= 0.3 is 0 Å². The molecule has 5 heteroatoms. The highest BCUT2D eigenvalue weighted by molar-refractivity contribution is 7.12. The summed E-state index contributed by atoms with van der Waals surface area (Å²) in [6.45, 7) is 3.90. The molecule has 94 valence electrons. The lowest BCUT2D eigenvalue weighted by Crippen LogP contribution is -2.54. The van der Waals surface area contributed by atoms with Crippen LogP contribution < -0.4 is 5.32 Å². The van der Waals surface area contributed by atoms with E-state index in [9.17, 15) is 4.79 Å². The number of hydrogen-bond donors (Lipinski definition) is 1. The standard InChI is InChI=1S/C12H19N3OS/c1-14-5-6-15(2)10(9-14)8-13-12(16)11-4-3-7-17-11/h3-4,7,10H,5-6,8-9H2,1-2H3,(H,13,16). The van der Waals surface area contributed by atoms with Gasteiger partial charge in [0.25, 0.3) is 5.91 Å². The first-order valence-corrected chi connectivity index (χ1v) is 6.75. The van der Waals surface area contributed by atoms with Crippen LogP contribution in [-0.4, -0.2) is 62.0 Å². The minimum absolute atomic E-state index is 0.0432. The molecule has 1 aromatic heterocycles. The molecule has 0 bridgehead atoms. The molecule has 1 N–H and O–H groups in total. The van der Waals surface area contributed by atoms with Gasteiger partial charge in [-0.25, -0.2) is 0 Å². The third kappa shape index (κ3) is 3.28. The van der Waals surface area contributed by atoms with Crippen LogP contribution in [0.15, 0.2) is 17.5 Å². The fraction of sp³-hybridized carbons (Fsp3) is 0.583. The number of rotatable bonds is 3. The van der Waals surface area contributed by atoms with Crippen LogP contribution >= 0.6 is 11.3 Å². The van der Waals surface area contributed by atoms with Crippen molar-refractivity contribution >= 4 is 17.2 Å². The second kappa shape index (κ2) is 5.62. The molecule has 2 heterocycles. The number of piperazine rings is 1. The Labute approximate surface area is 106 Å². The first-order valence-electron chi connectivity index (χ1n) is 5.87. The average Bonchev–Trinajstić information content (AvgIpc) is 2.83. The highest BCUT2D eigenvalue weighted by atomic mass is 32.1. The van der Waals surface area contributed by atoms with Crippen LogP contribution in [0, 0.1) is 0 Å². The van der Waals surface area contributed by atoms with Crippen molar-refractivity contribution in [2.75, 3.05) is 40.3 Å². The molecule has 17 heavy (non-hydrogen) atoms. The van der Waals surface area contributed by atoms with Gasteiger partial charge < -0.3 is 10.2 Å². The molecule has 1 fully saturated rings. The fourth-order valence-electron chi connectivity index (χ4n) is 2.03. The third-order valence-electron chi connectivity index (χ3n) is 3.22. The minimum atomic E-state index is 0.0432. The van der Waals surface area contributed by atoms with Crippen LogP contribution in [0.4, 0.5) is 0 Å². The van der Waals surface area contributed by atoms with Crippen molar-refractivity contribution in [3.05, 3.63) is 22.4 Å². The number of nitrogens with zero attached hydrogens (tertiary/aromatic N) is 2. The van der Waals surface area contributed by atoms with Crippen molar-refractivity contribution < 1.29 is 4.79 Å². The molecule has 0 radical (unpaired) electrons. The Balaban J connectivity index is 1.83. The van der Waals surface area contributed by atoms with Gasteiger partial charge in [-0.05, 0) is 25.5 Å². The van der Waals surface area contributed by atoms with Gasteiger partial charge in [0.05, 0.1) is 4.88 Å². The third-order valence-corrected chi connectivity index (χ3v) is 4.09. The Morgan fingerprint density at radius 3 is 3.06 bits per heavy atom. The van der Waals surface area contributed by atoms with Crippen molar-refractivity contribution in [1.82, 2.24) is 15.1 Å². The first-order chi connectivity index (χ1) is 8.16. The van der Waals surface area contributed by atoms with Gasteiger partial charge in [-0.1, -0.05) is 6.07 Å². The van der Waals surface area contributed by atoms with Crippen molar-refractivity contribution in [3.8, 4) is 0 Å². The maximum atomic E-state index is 11.8. The summed E-state index contributed by atoms with van der Waals surface area (Å²) in [6, 6.07) is 4.18. The molecule has 1 unspecified atom stereocenters. The summed E-state index contributed by atoms with van der Waals surface area (Å²) in [5, 5.41) is 4.93. The monoisotopic (exact) mass is 253 g/mol. The molecule has 1 aliphatic heterocycles. The second-order valence-corrected chi connectivity index (χ2v) is 5.53. The number of nitrogens with one attached hydrogen (secondary N) is 1. The van der Waals surface area contributed by atoms with Gasteiger partial charge in [-0.15, -0.1) is 11.3 Å². The van der Waals surface area contributed by atoms with Crippen LogP contribution in [0.5, 0.6) is 0 Å². The molecular formula is C12H19N3OS. The highest BCUT2D eigenvalue weighted by Crippen LogP contribution is 2.09. The maximum absolute atomic E-state index is 11.8. The molecule has 0 saturated carbocycles.